The van der Waals surface area contributed by atoms with Crippen molar-refractivity contribution >= 4 is 23.2 Å². The van der Waals surface area contributed by atoms with E-state index in [2.05, 4.69) is 17.0 Å². The van der Waals surface area contributed by atoms with E-state index in [9.17, 15) is 4.79 Å². The van der Waals surface area contributed by atoms with Crippen molar-refractivity contribution in [3.63, 3.8) is 0 Å². The average molecular weight is 331 g/mol. The lowest BCUT2D eigenvalue weighted by Crippen LogP contribution is -2.48. The molecule has 0 spiro atoms. The van der Waals surface area contributed by atoms with Crippen LogP contribution in [0.25, 0.3) is 0 Å². The Morgan fingerprint density at radius 1 is 1.04 bits per heavy atom. The molecule has 1 aliphatic heterocycles. The van der Waals surface area contributed by atoms with Gasteiger partial charge in [0.25, 0.3) is 5.91 Å². The molecule has 0 saturated carbocycles. The zero-order valence-corrected chi connectivity index (χ0v) is 13.8. The highest BCUT2D eigenvalue weighted by molar-refractivity contribution is 6.32. The Morgan fingerprint density at radius 3 is 2.35 bits per heavy atom. The predicted molar refractivity (Wildman–Crippen MR) is 92.6 cm³/mol. The van der Waals surface area contributed by atoms with Crippen molar-refractivity contribution in [2.75, 3.05) is 38.2 Å². The Bertz CT molecular complexity index is 683. The van der Waals surface area contributed by atoms with Crippen LogP contribution in [0.4, 0.5) is 5.69 Å². The van der Waals surface area contributed by atoms with E-state index in [1.807, 2.05) is 23.1 Å². The summed E-state index contributed by atoms with van der Waals surface area (Å²) in [4.78, 5) is 16.8. The first-order valence-corrected chi connectivity index (χ1v) is 7.99. The highest BCUT2D eigenvalue weighted by atomic mass is 35.5. The summed E-state index contributed by atoms with van der Waals surface area (Å²) in [5.41, 5.74) is 1.80. The molecule has 2 aromatic carbocycles. The molecular formula is C18H19ClN2O2. The van der Waals surface area contributed by atoms with Gasteiger partial charge in [-0.05, 0) is 30.3 Å². The van der Waals surface area contributed by atoms with Crippen LogP contribution in [0.5, 0.6) is 5.75 Å². The first-order valence-electron chi connectivity index (χ1n) is 7.62. The monoisotopic (exact) mass is 330 g/mol. The number of hydrogen-bond donors (Lipinski definition) is 0. The zero-order chi connectivity index (χ0) is 16.2. The van der Waals surface area contributed by atoms with Gasteiger partial charge in [-0.15, -0.1) is 0 Å². The number of rotatable bonds is 3. The minimum atomic E-state index is 0.0160. The lowest BCUT2D eigenvalue weighted by Gasteiger charge is -2.36. The molecule has 0 bridgehead atoms. The number of benzene rings is 2. The fourth-order valence-corrected chi connectivity index (χ4v) is 3.05. The van der Waals surface area contributed by atoms with E-state index in [4.69, 9.17) is 16.3 Å². The maximum atomic E-state index is 12.6. The SMILES string of the molecule is COc1ccc(C(=O)N2CCN(c3ccccc3)CC2)cc1Cl. The van der Waals surface area contributed by atoms with Gasteiger partial charge in [0, 0.05) is 37.4 Å². The van der Waals surface area contributed by atoms with Gasteiger partial charge in [0.15, 0.2) is 0 Å². The summed E-state index contributed by atoms with van der Waals surface area (Å²) in [7, 11) is 1.56. The van der Waals surface area contributed by atoms with Gasteiger partial charge in [0.2, 0.25) is 0 Å². The van der Waals surface area contributed by atoms with E-state index in [1.165, 1.54) is 5.69 Å². The number of hydrogen-bond acceptors (Lipinski definition) is 3. The Labute approximate surface area is 141 Å². The molecule has 3 rings (SSSR count). The molecule has 120 valence electrons. The third kappa shape index (κ3) is 3.42. The summed E-state index contributed by atoms with van der Waals surface area (Å²) in [6.45, 7) is 3.08. The standard InChI is InChI=1S/C18H19ClN2O2/c1-23-17-8-7-14(13-16(17)19)18(22)21-11-9-20(10-12-21)15-5-3-2-4-6-15/h2-8,13H,9-12H2,1H3. The van der Waals surface area contributed by atoms with E-state index in [0.717, 1.165) is 13.1 Å². The summed E-state index contributed by atoms with van der Waals surface area (Å²) in [5.74, 6) is 0.597. The normalized spacial score (nSPS) is 14.7. The van der Waals surface area contributed by atoms with Crippen molar-refractivity contribution in [1.82, 2.24) is 4.90 Å². The first kappa shape index (κ1) is 15.7. The van der Waals surface area contributed by atoms with E-state index < -0.39 is 0 Å². The maximum Gasteiger partial charge on any atom is 0.254 e. The molecule has 1 aliphatic rings. The van der Waals surface area contributed by atoms with Gasteiger partial charge in [0.1, 0.15) is 5.75 Å². The number of anilines is 1. The van der Waals surface area contributed by atoms with Gasteiger partial charge >= 0.3 is 0 Å². The topological polar surface area (TPSA) is 32.8 Å². The van der Waals surface area contributed by atoms with Crippen LogP contribution >= 0.6 is 11.6 Å². The molecule has 0 atom stereocenters. The van der Waals surface area contributed by atoms with Gasteiger partial charge in [-0.25, -0.2) is 0 Å². The van der Waals surface area contributed by atoms with Gasteiger partial charge < -0.3 is 14.5 Å². The fraction of sp³-hybridized carbons (Fsp3) is 0.278. The Balaban J connectivity index is 1.65. The minimum Gasteiger partial charge on any atom is -0.495 e. The van der Waals surface area contributed by atoms with Gasteiger partial charge in [-0.1, -0.05) is 29.8 Å². The fourth-order valence-electron chi connectivity index (χ4n) is 2.79. The van der Waals surface area contributed by atoms with Crippen molar-refractivity contribution < 1.29 is 9.53 Å². The van der Waals surface area contributed by atoms with Crippen molar-refractivity contribution in [2.45, 2.75) is 0 Å². The molecule has 1 saturated heterocycles. The van der Waals surface area contributed by atoms with Gasteiger partial charge in [-0.2, -0.15) is 0 Å². The lowest BCUT2D eigenvalue weighted by atomic mass is 10.1. The van der Waals surface area contributed by atoms with Crippen LogP contribution in [-0.4, -0.2) is 44.1 Å². The van der Waals surface area contributed by atoms with E-state index in [0.29, 0.717) is 29.4 Å². The third-order valence-corrected chi connectivity index (χ3v) is 4.38. The van der Waals surface area contributed by atoms with Crippen LogP contribution in [0.15, 0.2) is 48.5 Å². The molecule has 0 radical (unpaired) electrons. The number of para-hydroxylation sites is 1. The van der Waals surface area contributed by atoms with Crippen LogP contribution in [0, 0.1) is 0 Å². The second-order valence-electron chi connectivity index (χ2n) is 5.46. The number of halogens is 1. The Kier molecular flexibility index (Phi) is 4.72. The molecule has 1 amide bonds. The molecule has 4 nitrogen and oxygen atoms in total. The molecule has 0 N–H and O–H groups in total. The van der Waals surface area contributed by atoms with Crippen LogP contribution in [0.3, 0.4) is 0 Å². The molecule has 5 heteroatoms. The van der Waals surface area contributed by atoms with E-state index in [-0.39, 0.29) is 5.91 Å². The van der Waals surface area contributed by atoms with Crippen molar-refractivity contribution in [2.24, 2.45) is 0 Å². The second kappa shape index (κ2) is 6.92. The molecule has 0 aliphatic carbocycles. The summed E-state index contributed by atoms with van der Waals surface area (Å²) in [6, 6.07) is 15.4. The summed E-state index contributed by atoms with van der Waals surface area (Å²) < 4.78 is 5.12. The van der Waals surface area contributed by atoms with Gasteiger partial charge in [0.05, 0.1) is 12.1 Å². The number of methoxy groups -OCH3 is 1. The van der Waals surface area contributed by atoms with Crippen molar-refractivity contribution in [3.8, 4) is 5.75 Å². The lowest BCUT2D eigenvalue weighted by molar-refractivity contribution is 0.0747. The zero-order valence-electron chi connectivity index (χ0n) is 13.0. The molecule has 1 heterocycles. The quantitative estimate of drug-likeness (QED) is 0.865. The number of carbonyl (C=O) groups is 1. The molecule has 2 aromatic rings. The highest BCUT2D eigenvalue weighted by Crippen LogP contribution is 2.26. The Hall–Kier alpha value is -2.20. The maximum absolute atomic E-state index is 12.6. The van der Waals surface area contributed by atoms with Crippen LogP contribution in [0.1, 0.15) is 10.4 Å². The first-order chi connectivity index (χ1) is 11.2. The van der Waals surface area contributed by atoms with E-state index >= 15 is 0 Å². The molecule has 0 aromatic heterocycles. The van der Waals surface area contributed by atoms with Crippen LogP contribution < -0.4 is 9.64 Å². The number of carbonyl (C=O) groups excluding carboxylic acids is 1. The largest absolute Gasteiger partial charge is 0.495 e. The van der Waals surface area contributed by atoms with Gasteiger partial charge in [-0.3, -0.25) is 4.79 Å². The van der Waals surface area contributed by atoms with E-state index in [1.54, 1.807) is 25.3 Å². The van der Waals surface area contributed by atoms with Crippen molar-refractivity contribution in [1.29, 1.82) is 0 Å². The molecule has 23 heavy (non-hydrogen) atoms. The second-order valence-corrected chi connectivity index (χ2v) is 5.87. The predicted octanol–water partition coefficient (Wildman–Crippen LogP) is 3.31. The summed E-state index contributed by atoms with van der Waals surface area (Å²) >= 11 is 6.11. The molecule has 1 fully saturated rings. The highest BCUT2D eigenvalue weighted by Gasteiger charge is 2.22. The Morgan fingerprint density at radius 2 is 1.74 bits per heavy atom. The van der Waals surface area contributed by atoms with Crippen molar-refractivity contribution in [3.05, 3.63) is 59.1 Å². The summed E-state index contributed by atoms with van der Waals surface area (Å²) in [6.07, 6.45) is 0. The summed E-state index contributed by atoms with van der Waals surface area (Å²) in [5, 5.41) is 0.460. The van der Waals surface area contributed by atoms with Crippen LogP contribution in [0.2, 0.25) is 5.02 Å². The number of piperazine rings is 1. The minimum absolute atomic E-state index is 0.0160. The smallest absolute Gasteiger partial charge is 0.254 e. The number of ether oxygens (including phenoxy) is 1. The number of nitrogens with zero attached hydrogens (tertiary/aromatic N) is 2. The molecule has 0 unspecified atom stereocenters. The molecular weight excluding hydrogens is 312 g/mol. The average Bonchev–Trinajstić information content (AvgIpc) is 2.62. The van der Waals surface area contributed by atoms with Crippen LogP contribution in [-0.2, 0) is 0 Å². The third-order valence-electron chi connectivity index (χ3n) is 4.09. The number of amides is 1.